The van der Waals surface area contributed by atoms with E-state index in [0.29, 0.717) is 12.3 Å². The molecule has 0 spiro atoms. The summed E-state index contributed by atoms with van der Waals surface area (Å²) in [5.74, 6) is -0.195. The molecule has 4 nitrogen and oxygen atoms in total. The second-order valence-corrected chi connectivity index (χ2v) is 3.87. The molecule has 0 amide bonds. The lowest BCUT2D eigenvalue weighted by Crippen LogP contribution is -2.39. The van der Waals surface area contributed by atoms with Crippen molar-refractivity contribution in [3.8, 4) is 0 Å². The van der Waals surface area contributed by atoms with Crippen molar-refractivity contribution >= 4 is 5.97 Å². The molecule has 1 N–H and O–H groups in total. The molecule has 1 heterocycles. The van der Waals surface area contributed by atoms with E-state index in [2.05, 4.69) is 0 Å². The van der Waals surface area contributed by atoms with Gasteiger partial charge < -0.3 is 9.84 Å². The van der Waals surface area contributed by atoms with E-state index in [1.807, 2.05) is 11.8 Å². The third kappa shape index (κ3) is 2.69. The number of likely N-dealkylation sites (tertiary alicyclic amines) is 1. The van der Waals surface area contributed by atoms with Gasteiger partial charge in [-0.15, -0.1) is 0 Å². The first kappa shape index (κ1) is 11.5. The number of hydrogen-bond donors (Lipinski definition) is 1. The monoisotopic (exact) mass is 201 g/mol. The third-order valence-electron chi connectivity index (χ3n) is 2.83. The molecule has 0 radical (unpaired) electrons. The Kier molecular flexibility index (Phi) is 4.35. The average molecular weight is 201 g/mol. The lowest BCUT2D eigenvalue weighted by Gasteiger charge is -2.22. The SMILES string of the molecule is CC[C@@H](C(=O)O)N1CC[C@H](COC)C1. The topological polar surface area (TPSA) is 49.8 Å². The smallest absolute Gasteiger partial charge is 0.320 e. The largest absolute Gasteiger partial charge is 0.480 e. The zero-order valence-corrected chi connectivity index (χ0v) is 8.90. The molecule has 1 aliphatic heterocycles. The Morgan fingerprint density at radius 1 is 1.71 bits per heavy atom. The summed E-state index contributed by atoms with van der Waals surface area (Å²) in [6.45, 7) is 4.41. The van der Waals surface area contributed by atoms with E-state index in [9.17, 15) is 4.79 Å². The lowest BCUT2D eigenvalue weighted by atomic mass is 10.1. The van der Waals surface area contributed by atoms with Crippen LogP contribution in [0.3, 0.4) is 0 Å². The normalized spacial score (nSPS) is 25.1. The summed E-state index contributed by atoms with van der Waals surface area (Å²) in [7, 11) is 1.69. The summed E-state index contributed by atoms with van der Waals surface area (Å²) in [5, 5.41) is 8.98. The molecule has 1 fully saturated rings. The zero-order valence-electron chi connectivity index (χ0n) is 8.90. The van der Waals surface area contributed by atoms with Crippen LogP contribution < -0.4 is 0 Å². The molecule has 0 aromatic rings. The van der Waals surface area contributed by atoms with Gasteiger partial charge in [-0.3, -0.25) is 9.69 Å². The maximum Gasteiger partial charge on any atom is 0.320 e. The molecular weight excluding hydrogens is 182 g/mol. The van der Waals surface area contributed by atoms with Crippen molar-refractivity contribution in [3.63, 3.8) is 0 Å². The number of nitrogens with zero attached hydrogens (tertiary/aromatic N) is 1. The number of carboxylic acid groups (broad SMARTS) is 1. The summed E-state index contributed by atoms with van der Waals surface area (Å²) in [6.07, 6.45) is 1.73. The molecule has 14 heavy (non-hydrogen) atoms. The zero-order chi connectivity index (χ0) is 10.6. The maximum absolute atomic E-state index is 10.9. The Morgan fingerprint density at radius 2 is 2.43 bits per heavy atom. The number of hydrogen-bond acceptors (Lipinski definition) is 3. The van der Waals surface area contributed by atoms with Gasteiger partial charge in [0.05, 0.1) is 6.61 Å². The van der Waals surface area contributed by atoms with E-state index in [4.69, 9.17) is 9.84 Å². The van der Waals surface area contributed by atoms with Crippen LogP contribution in [0.25, 0.3) is 0 Å². The molecule has 1 aliphatic rings. The lowest BCUT2D eigenvalue weighted by molar-refractivity contribution is -0.143. The fraction of sp³-hybridized carbons (Fsp3) is 0.900. The number of aliphatic carboxylic acids is 1. The van der Waals surface area contributed by atoms with Gasteiger partial charge in [0.25, 0.3) is 0 Å². The molecule has 0 unspecified atom stereocenters. The number of methoxy groups -OCH3 is 1. The van der Waals surface area contributed by atoms with Crippen LogP contribution in [0.5, 0.6) is 0 Å². The summed E-state index contributed by atoms with van der Waals surface area (Å²) in [6, 6.07) is -0.308. The highest BCUT2D eigenvalue weighted by Crippen LogP contribution is 2.20. The molecule has 1 saturated heterocycles. The third-order valence-corrected chi connectivity index (χ3v) is 2.83. The fourth-order valence-corrected chi connectivity index (χ4v) is 2.11. The van der Waals surface area contributed by atoms with Gasteiger partial charge in [-0.1, -0.05) is 6.92 Å². The minimum Gasteiger partial charge on any atom is -0.480 e. The Morgan fingerprint density at radius 3 is 2.93 bits per heavy atom. The Balaban J connectivity index is 2.43. The van der Waals surface area contributed by atoms with Gasteiger partial charge in [-0.2, -0.15) is 0 Å². The van der Waals surface area contributed by atoms with Crippen molar-refractivity contribution in [1.29, 1.82) is 0 Å². The van der Waals surface area contributed by atoms with Crippen molar-refractivity contribution in [1.82, 2.24) is 4.90 Å². The number of carbonyl (C=O) groups is 1. The minimum absolute atomic E-state index is 0.308. The van der Waals surface area contributed by atoms with E-state index in [1.165, 1.54) is 0 Å². The van der Waals surface area contributed by atoms with Gasteiger partial charge >= 0.3 is 5.97 Å². The molecule has 0 bridgehead atoms. The Hall–Kier alpha value is -0.610. The summed E-state index contributed by atoms with van der Waals surface area (Å²) in [5.41, 5.74) is 0. The highest BCUT2D eigenvalue weighted by Gasteiger charge is 2.30. The molecule has 0 aromatic carbocycles. The van der Waals surface area contributed by atoms with E-state index in [-0.39, 0.29) is 6.04 Å². The van der Waals surface area contributed by atoms with Crippen LogP contribution in [0.4, 0.5) is 0 Å². The van der Waals surface area contributed by atoms with Crippen LogP contribution >= 0.6 is 0 Å². The Bertz CT molecular complexity index is 196. The van der Waals surface area contributed by atoms with Crippen LogP contribution in [0.1, 0.15) is 19.8 Å². The van der Waals surface area contributed by atoms with Crippen LogP contribution in [0, 0.1) is 5.92 Å². The number of rotatable bonds is 5. The standard InChI is InChI=1S/C10H19NO3/c1-3-9(10(12)13)11-5-4-8(6-11)7-14-2/h8-9H,3-7H2,1-2H3,(H,12,13)/t8-,9-/m0/s1. The molecule has 0 aliphatic carbocycles. The molecular formula is C10H19NO3. The highest BCUT2D eigenvalue weighted by atomic mass is 16.5. The van der Waals surface area contributed by atoms with E-state index in [1.54, 1.807) is 7.11 Å². The Labute approximate surface area is 84.8 Å². The molecule has 0 saturated carbocycles. The predicted molar refractivity (Wildman–Crippen MR) is 53.3 cm³/mol. The summed E-state index contributed by atoms with van der Waals surface area (Å²) < 4.78 is 5.07. The van der Waals surface area contributed by atoms with Crippen LogP contribution in [0.2, 0.25) is 0 Å². The van der Waals surface area contributed by atoms with Crippen molar-refractivity contribution in [2.75, 3.05) is 26.8 Å². The van der Waals surface area contributed by atoms with Gasteiger partial charge in [0.1, 0.15) is 6.04 Å². The van der Waals surface area contributed by atoms with Gasteiger partial charge in [-0.05, 0) is 25.3 Å². The first-order chi connectivity index (χ1) is 6.69. The van der Waals surface area contributed by atoms with Gasteiger partial charge in [0.15, 0.2) is 0 Å². The first-order valence-electron chi connectivity index (χ1n) is 5.14. The van der Waals surface area contributed by atoms with E-state index < -0.39 is 5.97 Å². The summed E-state index contributed by atoms with van der Waals surface area (Å²) >= 11 is 0. The molecule has 82 valence electrons. The highest BCUT2D eigenvalue weighted by molar-refractivity contribution is 5.73. The van der Waals surface area contributed by atoms with Crippen LogP contribution in [-0.4, -0.2) is 48.8 Å². The first-order valence-corrected chi connectivity index (χ1v) is 5.14. The molecule has 1 rings (SSSR count). The maximum atomic E-state index is 10.9. The van der Waals surface area contributed by atoms with Crippen LogP contribution in [-0.2, 0) is 9.53 Å². The molecule has 0 aromatic heterocycles. The second kappa shape index (κ2) is 5.32. The summed E-state index contributed by atoms with van der Waals surface area (Å²) in [4.78, 5) is 13.0. The van der Waals surface area contributed by atoms with Crippen molar-refractivity contribution in [3.05, 3.63) is 0 Å². The van der Waals surface area contributed by atoms with Gasteiger partial charge in [0, 0.05) is 13.7 Å². The van der Waals surface area contributed by atoms with Gasteiger partial charge in [0.2, 0.25) is 0 Å². The van der Waals surface area contributed by atoms with Crippen molar-refractivity contribution in [2.24, 2.45) is 5.92 Å². The quantitative estimate of drug-likeness (QED) is 0.715. The van der Waals surface area contributed by atoms with Crippen molar-refractivity contribution < 1.29 is 14.6 Å². The van der Waals surface area contributed by atoms with Crippen LogP contribution in [0.15, 0.2) is 0 Å². The fourth-order valence-electron chi connectivity index (χ4n) is 2.11. The van der Waals surface area contributed by atoms with E-state index in [0.717, 1.165) is 26.1 Å². The van der Waals surface area contributed by atoms with E-state index >= 15 is 0 Å². The average Bonchev–Trinajstić information content (AvgIpc) is 2.54. The minimum atomic E-state index is -0.703. The molecule has 2 atom stereocenters. The predicted octanol–water partition coefficient (Wildman–Crippen LogP) is 0.818. The number of ether oxygens (including phenoxy) is 1. The van der Waals surface area contributed by atoms with Gasteiger partial charge in [-0.25, -0.2) is 0 Å². The number of carboxylic acids is 1. The van der Waals surface area contributed by atoms with Crippen molar-refractivity contribution in [2.45, 2.75) is 25.8 Å². The molecule has 4 heteroatoms. The second-order valence-electron chi connectivity index (χ2n) is 3.87.